The van der Waals surface area contributed by atoms with Crippen LogP contribution in [0.3, 0.4) is 0 Å². The fraction of sp³-hybridized carbons (Fsp3) is 0.583. The van der Waals surface area contributed by atoms with Gasteiger partial charge in [-0.25, -0.2) is 0 Å². The van der Waals surface area contributed by atoms with Gasteiger partial charge in [0.05, 0.1) is 5.54 Å². The molecule has 0 bridgehead atoms. The van der Waals surface area contributed by atoms with Gasteiger partial charge in [0, 0.05) is 23.1 Å². The fourth-order valence-electron chi connectivity index (χ4n) is 4.49. The monoisotopic (exact) mass is 337 g/mol. The quantitative estimate of drug-likeness (QED) is 0.283. The summed E-state index contributed by atoms with van der Waals surface area (Å²) in [5.41, 5.74) is 0.747. The number of allylic oxidation sites excluding steroid dienone is 3. The Hall–Kier alpha value is -1.86. The molecule has 0 aromatic rings. The van der Waals surface area contributed by atoms with Gasteiger partial charge in [0.25, 0.3) is 0 Å². The highest BCUT2D eigenvalue weighted by atomic mass is 15.2. The molecule has 0 radical (unpaired) electrons. The van der Waals surface area contributed by atoms with E-state index in [4.69, 9.17) is 12.8 Å². The Balaban J connectivity index is 3.30. The first-order valence-corrected chi connectivity index (χ1v) is 9.27. The zero-order valence-corrected chi connectivity index (χ0v) is 17.0. The van der Waals surface area contributed by atoms with E-state index in [0.717, 1.165) is 25.0 Å². The molecule has 1 fully saturated rings. The number of terminal acetylenes is 2. The van der Waals surface area contributed by atoms with Crippen molar-refractivity contribution < 1.29 is 0 Å². The first-order valence-electron chi connectivity index (χ1n) is 9.27. The Morgan fingerprint density at radius 2 is 1.96 bits per heavy atom. The van der Waals surface area contributed by atoms with Gasteiger partial charge in [0.15, 0.2) is 0 Å². The van der Waals surface area contributed by atoms with Gasteiger partial charge in [-0.15, -0.1) is 25.5 Å². The van der Waals surface area contributed by atoms with Crippen LogP contribution in [0.2, 0.25) is 0 Å². The van der Waals surface area contributed by atoms with Gasteiger partial charge in [-0.05, 0) is 44.4 Å². The van der Waals surface area contributed by atoms with Crippen molar-refractivity contribution in [3.05, 3.63) is 37.1 Å². The second-order valence-electron chi connectivity index (χ2n) is 8.16. The molecule has 1 nitrogen and oxygen atoms in total. The fourth-order valence-corrected chi connectivity index (χ4v) is 4.49. The number of hydrogen-bond donors (Lipinski definition) is 0. The molecule has 1 saturated carbocycles. The summed E-state index contributed by atoms with van der Waals surface area (Å²) in [5.74, 6) is 3.67. The van der Waals surface area contributed by atoms with E-state index in [1.165, 1.54) is 0 Å². The molecule has 0 heterocycles. The molecule has 0 spiro atoms. The Labute approximate surface area is 156 Å². The lowest BCUT2D eigenvalue weighted by atomic mass is 9.70. The molecule has 5 atom stereocenters. The van der Waals surface area contributed by atoms with E-state index in [1.807, 2.05) is 17.1 Å². The van der Waals surface area contributed by atoms with E-state index in [-0.39, 0.29) is 22.3 Å². The predicted octanol–water partition coefficient (Wildman–Crippen LogP) is 6.02. The van der Waals surface area contributed by atoms with Crippen molar-refractivity contribution in [3.8, 4) is 24.8 Å². The minimum atomic E-state index is -0.348. The summed E-state index contributed by atoms with van der Waals surface area (Å²) in [4.78, 5) is 2.04. The van der Waals surface area contributed by atoms with Crippen LogP contribution in [0.25, 0.3) is 0 Å². The van der Waals surface area contributed by atoms with Crippen LogP contribution in [0.1, 0.15) is 60.8 Å². The van der Waals surface area contributed by atoms with Crippen molar-refractivity contribution >= 4 is 0 Å². The van der Waals surface area contributed by atoms with Crippen molar-refractivity contribution in [1.29, 1.82) is 0 Å². The Kier molecular flexibility index (Phi) is 6.42. The highest BCUT2D eigenvalue weighted by molar-refractivity contribution is 5.33. The molecular formula is C24H35N. The Bertz CT molecular complexity index is 627. The third kappa shape index (κ3) is 3.30. The van der Waals surface area contributed by atoms with Crippen molar-refractivity contribution in [2.24, 2.45) is 22.7 Å². The number of hydrogen-bond acceptors (Lipinski definition) is 1. The molecule has 0 aromatic heterocycles. The van der Waals surface area contributed by atoms with Crippen LogP contribution >= 0.6 is 0 Å². The third-order valence-corrected chi connectivity index (χ3v) is 6.80. The molecule has 1 heteroatoms. The van der Waals surface area contributed by atoms with Gasteiger partial charge >= 0.3 is 0 Å². The van der Waals surface area contributed by atoms with Crippen molar-refractivity contribution in [2.45, 2.75) is 66.3 Å². The van der Waals surface area contributed by atoms with E-state index in [1.54, 1.807) is 0 Å². The average Bonchev–Trinajstić information content (AvgIpc) is 3.17. The summed E-state index contributed by atoms with van der Waals surface area (Å²) in [6.07, 6.45) is 21.0. The summed E-state index contributed by atoms with van der Waals surface area (Å²) in [5, 5.41) is 0. The molecule has 0 N–H and O–H groups in total. The second-order valence-corrected chi connectivity index (χ2v) is 8.16. The molecular weight excluding hydrogens is 302 g/mol. The summed E-state index contributed by atoms with van der Waals surface area (Å²) in [7, 11) is 0. The molecule has 4 unspecified atom stereocenters. The first kappa shape index (κ1) is 21.2. The maximum atomic E-state index is 5.95. The lowest BCUT2D eigenvalue weighted by Gasteiger charge is -2.45. The Morgan fingerprint density at radius 1 is 1.36 bits per heavy atom. The lowest BCUT2D eigenvalue weighted by Crippen LogP contribution is -2.50. The molecule has 1 rings (SSSR count). The van der Waals surface area contributed by atoms with Crippen LogP contribution in [0.5, 0.6) is 0 Å². The van der Waals surface area contributed by atoms with Crippen molar-refractivity contribution in [3.63, 3.8) is 0 Å². The summed E-state index contributed by atoms with van der Waals surface area (Å²) in [6.45, 7) is 21.2. The minimum absolute atomic E-state index is 0.0313. The van der Waals surface area contributed by atoms with E-state index in [2.05, 4.69) is 72.7 Å². The normalized spacial score (nSPS) is 30.2. The van der Waals surface area contributed by atoms with Gasteiger partial charge in [-0.1, -0.05) is 52.3 Å². The third-order valence-electron chi connectivity index (χ3n) is 6.80. The van der Waals surface area contributed by atoms with Gasteiger partial charge in [-0.3, -0.25) is 4.90 Å². The van der Waals surface area contributed by atoms with Crippen LogP contribution in [-0.2, 0) is 0 Å². The van der Waals surface area contributed by atoms with Crippen molar-refractivity contribution in [2.75, 3.05) is 0 Å². The molecule has 136 valence electrons. The lowest BCUT2D eigenvalue weighted by molar-refractivity contribution is 0.124. The number of rotatable bonds is 9. The summed E-state index contributed by atoms with van der Waals surface area (Å²) in [6, 6.07) is 2.90. The maximum absolute atomic E-state index is 5.95. The van der Waals surface area contributed by atoms with Gasteiger partial charge < -0.3 is 0 Å². The van der Waals surface area contributed by atoms with Crippen LogP contribution in [0.4, 0.5) is 0 Å². The van der Waals surface area contributed by atoms with Crippen molar-refractivity contribution in [1.82, 2.24) is 4.90 Å². The van der Waals surface area contributed by atoms with Crippen LogP contribution < -0.4 is 0 Å². The first-order chi connectivity index (χ1) is 11.6. The molecule has 25 heavy (non-hydrogen) atoms. The van der Waals surface area contributed by atoms with Gasteiger partial charge in [0.2, 0.25) is 0 Å². The molecule has 0 aliphatic heterocycles. The molecule has 0 amide bonds. The zero-order chi connectivity index (χ0) is 19.5. The molecule has 1 aliphatic carbocycles. The second kappa shape index (κ2) is 7.58. The van der Waals surface area contributed by atoms with E-state index < -0.39 is 0 Å². The largest absolute Gasteiger partial charge is 0.296 e. The molecule has 0 saturated heterocycles. The standard InChI is InChI=1S/C24H35N/c1-11-16-20(7)25(15-5)24(10,14-4)23(9)18-22(23,8)21(13-3)17-19(6)12-2/h3,5,12,14,16,19,21H,2,4,11,17-18H2,1,6-10H3/b20-16+/t19?,21?,22-,23?,24?/m0/s1. The van der Waals surface area contributed by atoms with Gasteiger partial charge in [-0.2, -0.15) is 0 Å². The smallest absolute Gasteiger partial charge is 0.0738 e. The van der Waals surface area contributed by atoms with E-state index in [9.17, 15) is 0 Å². The highest BCUT2D eigenvalue weighted by Crippen LogP contribution is 2.74. The molecule has 1 aliphatic rings. The topological polar surface area (TPSA) is 3.24 Å². The minimum Gasteiger partial charge on any atom is -0.296 e. The predicted molar refractivity (Wildman–Crippen MR) is 110 cm³/mol. The Morgan fingerprint density at radius 3 is 2.36 bits per heavy atom. The zero-order valence-electron chi connectivity index (χ0n) is 17.0. The average molecular weight is 338 g/mol. The van der Waals surface area contributed by atoms with Crippen LogP contribution in [-0.4, -0.2) is 10.4 Å². The summed E-state index contributed by atoms with van der Waals surface area (Å²) < 4.78 is 0. The highest BCUT2D eigenvalue weighted by Gasteiger charge is 2.72. The molecule has 0 aromatic carbocycles. The van der Waals surface area contributed by atoms with E-state index >= 15 is 0 Å². The number of nitrogens with zero attached hydrogens (tertiary/aromatic N) is 1. The SMILES string of the molecule is C#CC(CC(C)C=C)[C@]1(C)CC1(C)C(C)(C=C)N(C#C)/C(C)=C/CC. The van der Waals surface area contributed by atoms with Crippen LogP contribution in [0.15, 0.2) is 37.1 Å². The summed E-state index contributed by atoms with van der Waals surface area (Å²) >= 11 is 0. The van der Waals surface area contributed by atoms with Crippen LogP contribution in [0, 0.1) is 47.5 Å². The maximum Gasteiger partial charge on any atom is 0.0738 e. The van der Waals surface area contributed by atoms with E-state index in [0.29, 0.717) is 5.92 Å². The van der Waals surface area contributed by atoms with Gasteiger partial charge in [0.1, 0.15) is 0 Å².